The molecule has 0 saturated heterocycles. The van der Waals surface area contributed by atoms with Crippen molar-refractivity contribution in [3.8, 4) is 5.75 Å². The first-order valence-corrected chi connectivity index (χ1v) is 8.04. The second-order valence-corrected chi connectivity index (χ2v) is 5.72. The number of carbonyl (C=O) groups excluding carboxylic acids is 2. The van der Waals surface area contributed by atoms with Gasteiger partial charge in [-0.1, -0.05) is 30.3 Å². The lowest BCUT2D eigenvalue weighted by atomic mass is 10.1. The molecular formula is C19H23N3O3. The summed E-state index contributed by atoms with van der Waals surface area (Å²) >= 11 is 0. The standard InChI is InChI=1S/C19H23N3O3/c1-4-25-16-11-10-14(19(24)22(2)3)12-15(16)21-18(23)17(20)13-8-6-5-7-9-13/h5-12,17H,4,20H2,1-3H3,(H,21,23). The molecule has 25 heavy (non-hydrogen) atoms. The van der Waals surface area contributed by atoms with Gasteiger partial charge >= 0.3 is 0 Å². The van der Waals surface area contributed by atoms with E-state index in [9.17, 15) is 9.59 Å². The Bertz CT molecular complexity index is 745. The number of nitrogens with two attached hydrogens (primary N) is 1. The van der Waals surface area contributed by atoms with Crippen molar-refractivity contribution in [3.05, 3.63) is 59.7 Å². The molecule has 0 spiro atoms. The Hall–Kier alpha value is -2.86. The number of hydrogen-bond acceptors (Lipinski definition) is 4. The van der Waals surface area contributed by atoms with Crippen LogP contribution in [0.1, 0.15) is 28.9 Å². The van der Waals surface area contributed by atoms with Gasteiger partial charge in [-0.25, -0.2) is 0 Å². The Morgan fingerprint density at radius 2 is 1.84 bits per heavy atom. The minimum absolute atomic E-state index is 0.161. The van der Waals surface area contributed by atoms with Gasteiger partial charge in [-0.15, -0.1) is 0 Å². The van der Waals surface area contributed by atoms with Crippen molar-refractivity contribution in [3.63, 3.8) is 0 Å². The Morgan fingerprint density at radius 1 is 1.16 bits per heavy atom. The number of ether oxygens (including phenoxy) is 1. The highest BCUT2D eigenvalue weighted by atomic mass is 16.5. The summed E-state index contributed by atoms with van der Waals surface area (Å²) < 4.78 is 5.54. The Kier molecular flexibility index (Phi) is 6.14. The van der Waals surface area contributed by atoms with Crippen LogP contribution in [0.2, 0.25) is 0 Å². The number of nitrogens with one attached hydrogen (secondary N) is 1. The van der Waals surface area contributed by atoms with Crippen LogP contribution in [0, 0.1) is 0 Å². The maximum atomic E-state index is 12.5. The van der Waals surface area contributed by atoms with Gasteiger partial charge in [0, 0.05) is 19.7 Å². The molecule has 0 saturated carbocycles. The van der Waals surface area contributed by atoms with Gasteiger partial charge in [0.2, 0.25) is 5.91 Å². The summed E-state index contributed by atoms with van der Waals surface area (Å²) in [6.45, 7) is 2.29. The van der Waals surface area contributed by atoms with E-state index >= 15 is 0 Å². The molecule has 0 aromatic heterocycles. The van der Waals surface area contributed by atoms with Crippen molar-refractivity contribution in [1.82, 2.24) is 4.90 Å². The van der Waals surface area contributed by atoms with E-state index in [-0.39, 0.29) is 11.8 Å². The first-order valence-electron chi connectivity index (χ1n) is 8.04. The highest BCUT2D eigenvalue weighted by Crippen LogP contribution is 2.27. The molecule has 1 unspecified atom stereocenters. The number of amides is 2. The Morgan fingerprint density at radius 3 is 2.44 bits per heavy atom. The predicted molar refractivity (Wildman–Crippen MR) is 97.6 cm³/mol. The third kappa shape index (κ3) is 4.58. The molecule has 6 heteroatoms. The van der Waals surface area contributed by atoms with Gasteiger partial charge < -0.3 is 20.7 Å². The molecule has 0 aliphatic rings. The molecule has 0 radical (unpaired) electrons. The molecule has 2 aromatic carbocycles. The molecule has 2 aromatic rings. The number of anilines is 1. The fourth-order valence-electron chi connectivity index (χ4n) is 2.32. The zero-order valence-electron chi connectivity index (χ0n) is 14.7. The van der Waals surface area contributed by atoms with Crippen molar-refractivity contribution < 1.29 is 14.3 Å². The smallest absolute Gasteiger partial charge is 0.253 e. The predicted octanol–water partition coefficient (Wildman–Crippen LogP) is 2.43. The normalized spacial score (nSPS) is 11.5. The summed E-state index contributed by atoms with van der Waals surface area (Å²) in [5, 5.41) is 2.77. The first-order chi connectivity index (χ1) is 11.9. The lowest BCUT2D eigenvalue weighted by Crippen LogP contribution is -2.28. The maximum absolute atomic E-state index is 12.5. The van der Waals surface area contributed by atoms with Crippen molar-refractivity contribution >= 4 is 17.5 Å². The van der Waals surface area contributed by atoms with E-state index in [0.29, 0.717) is 29.2 Å². The zero-order chi connectivity index (χ0) is 18.4. The summed E-state index contributed by atoms with van der Waals surface area (Å²) in [5.74, 6) is -0.0427. The van der Waals surface area contributed by atoms with Crippen LogP contribution in [0.15, 0.2) is 48.5 Å². The summed E-state index contributed by atoms with van der Waals surface area (Å²) in [4.78, 5) is 26.1. The van der Waals surface area contributed by atoms with E-state index in [1.807, 2.05) is 25.1 Å². The summed E-state index contributed by atoms with van der Waals surface area (Å²) in [7, 11) is 3.34. The second kappa shape index (κ2) is 8.30. The van der Waals surface area contributed by atoms with Crippen molar-refractivity contribution in [2.45, 2.75) is 13.0 Å². The molecule has 2 amide bonds. The zero-order valence-corrected chi connectivity index (χ0v) is 14.7. The molecule has 0 bridgehead atoms. The lowest BCUT2D eigenvalue weighted by molar-refractivity contribution is -0.117. The van der Waals surface area contributed by atoms with Gasteiger partial charge in [-0.05, 0) is 30.7 Å². The lowest BCUT2D eigenvalue weighted by Gasteiger charge is -2.17. The molecule has 0 fully saturated rings. The largest absolute Gasteiger partial charge is 0.492 e. The highest BCUT2D eigenvalue weighted by Gasteiger charge is 2.19. The third-order valence-corrected chi connectivity index (χ3v) is 3.63. The topological polar surface area (TPSA) is 84.7 Å². The Labute approximate surface area is 147 Å². The van der Waals surface area contributed by atoms with Crippen LogP contribution >= 0.6 is 0 Å². The van der Waals surface area contributed by atoms with E-state index in [2.05, 4.69) is 5.32 Å². The molecule has 132 valence electrons. The van der Waals surface area contributed by atoms with E-state index in [1.165, 1.54) is 4.90 Å². The molecular weight excluding hydrogens is 318 g/mol. The van der Waals surface area contributed by atoms with E-state index < -0.39 is 6.04 Å². The van der Waals surface area contributed by atoms with Gasteiger partial charge in [-0.3, -0.25) is 9.59 Å². The van der Waals surface area contributed by atoms with Gasteiger partial charge in [0.1, 0.15) is 11.8 Å². The monoisotopic (exact) mass is 341 g/mol. The van der Waals surface area contributed by atoms with E-state index in [4.69, 9.17) is 10.5 Å². The second-order valence-electron chi connectivity index (χ2n) is 5.72. The van der Waals surface area contributed by atoms with Crippen LogP contribution in [0.25, 0.3) is 0 Å². The van der Waals surface area contributed by atoms with Crippen molar-refractivity contribution in [2.75, 3.05) is 26.0 Å². The molecule has 0 aliphatic heterocycles. The highest BCUT2D eigenvalue weighted by molar-refractivity contribution is 6.00. The Balaban J connectivity index is 2.27. The van der Waals surface area contributed by atoms with Gasteiger partial charge in [0.15, 0.2) is 0 Å². The van der Waals surface area contributed by atoms with Crippen LogP contribution < -0.4 is 15.8 Å². The maximum Gasteiger partial charge on any atom is 0.253 e. The van der Waals surface area contributed by atoms with E-state index in [1.54, 1.807) is 44.4 Å². The van der Waals surface area contributed by atoms with Crippen molar-refractivity contribution in [1.29, 1.82) is 0 Å². The number of carbonyl (C=O) groups is 2. The van der Waals surface area contributed by atoms with Gasteiger partial charge in [0.25, 0.3) is 5.91 Å². The summed E-state index contributed by atoms with van der Waals surface area (Å²) in [6.07, 6.45) is 0. The number of nitrogens with zero attached hydrogens (tertiary/aromatic N) is 1. The quantitative estimate of drug-likeness (QED) is 0.845. The summed E-state index contributed by atoms with van der Waals surface area (Å²) in [6, 6.07) is 13.2. The fourth-order valence-corrected chi connectivity index (χ4v) is 2.32. The number of benzene rings is 2. The van der Waals surface area contributed by atoms with E-state index in [0.717, 1.165) is 0 Å². The minimum atomic E-state index is -0.816. The summed E-state index contributed by atoms with van der Waals surface area (Å²) in [5.41, 5.74) is 7.61. The molecule has 0 aliphatic carbocycles. The SMILES string of the molecule is CCOc1ccc(C(=O)N(C)C)cc1NC(=O)C(N)c1ccccc1. The van der Waals surface area contributed by atoms with Crippen LogP contribution in [-0.2, 0) is 4.79 Å². The van der Waals surface area contributed by atoms with Crippen LogP contribution in [0.3, 0.4) is 0 Å². The van der Waals surface area contributed by atoms with Crippen LogP contribution in [0.4, 0.5) is 5.69 Å². The average Bonchev–Trinajstić information content (AvgIpc) is 2.62. The minimum Gasteiger partial charge on any atom is -0.492 e. The number of rotatable bonds is 6. The fraction of sp³-hybridized carbons (Fsp3) is 0.263. The van der Waals surface area contributed by atoms with Crippen molar-refractivity contribution in [2.24, 2.45) is 5.73 Å². The molecule has 6 nitrogen and oxygen atoms in total. The average molecular weight is 341 g/mol. The van der Waals surface area contributed by atoms with Gasteiger partial charge in [0.05, 0.1) is 12.3 Å². The molecule has 0 heterocycles. The van der Waals surface area contributed by atoms with Crippen LogP contribution in [-0.4, -0.2) is 37.4 Å². The molecule has 2 rings (SSSR count). The molecule has 1 atom stereocenters. The van der Waals surface area contributed by atoms with Crippen LogP contribution in [0.5, 0.6) is 5.75 Å². The third-order valence-electron chi connectivity index (χ3n) is 3.63. The molecule has 3 N–H and O–H groups in total. The number of hydrogen-bond donors (Lipinski definition) is 2. The van der Waals surface area contributed by atoms with Gasteiger partial charge in [-0.2, -0.15) is 0 Å². The first kappa shape index (κ1) is 18.5.